The van der Waals surface area contributed by atoms with Crippen LogP contribution in [0.5, 0.6) is 0 Å². The number of hydrogen-bond acceptors (Lipinski definition) is 6. The molecule has 0 bridgehead atoms. The lowest BCUT2D eigenvalue weighted by Crippen LogP contribution is -2.51. The van der Waals surface area contributed by atoms with Crippen molar-refractivity contribution in [3.05, 3.63) is 76.6 Å². The van der Waals surface area contributed by atoms with E-state index in [0.29, 0.717) is 24.2 Å². The van der Waals surface area contributed by atoms with Gasteiger partial charge in [0.2, 0.25) is 10.0 Å². The number of urea groups is 1. The highest BCUT2D eigenvalue weighted by molar-refractivity contribution is 7.89. The Morgan fingerprint density at radius 2 is 1.55 bits per heavy atom. The number of hydrogen-bond donors (Lipinski definition) is 2. The molecular formula is C30H35ClN6O6S. The number of anilines is 1. The van der Waals surface area contributed by atoms with Gasteiger partial charge in [-0.25, -0.2) is 18.0 Å². The van der Waals surface area contributed by atoms with Crippen molar-refractivity contribution in [1.82, 2.24) is 18.7 Å². The summed E-state index contributed by atoms with van der Waals surface area (Å²) in [5, 5.41) is 3.01. The highest BCUT2D eigenvalue weighted by Gasteiger charge is 2.33. The second-order valence-electron chi connectivity index (χ2n) is 11.6. The highest BCUT2D eigenvalue weighted by Crippen LogP contribution is 2.34. The number of piperazine rings is 1. The van der Waals surface area contributed by atoms with E-state index in [-0.39, 0.29) is 48.3 Å². The number of fused-ring (bicyclic) bond motifs is 1. The average Bonchev–Trinajstić information content (AvgIpc) is 3.28. The van der Waals surface area contributed by atoms with Gasteiger partial charge in [0.25, 0.3) is 5.91 Å². The molecule has 5 rings (SSSR count). The molecule has 0 spiro atoms. The summed E-state index contributed by atoms with van der Waals surface area (Å²) in [6.07, 6.45) is -0.0227. The van der Waals surface area contributed by atoms with Crippen LogP contribution >= 0.6 is 11.6 Å². The first-order valence-corrected chi connectivity index (χ1v) is 16.0. The van der Waals surface area contributed by atoms with E-state index < -0.39 is 33.7 Å². The van der Waals surface area contributed by atoms with Gasteiger partial charge in [0.05, 0.1) is 17.0 Å². The van der Waals surface area contributed by atoms with E-state index in [0.717, 1.165) is 11.4 Å². The largest absolute Gasteiger partial charge is 0.444 e. The van der Waals surface area contributed by atoms with Crippen molar-refractivity contribution in [3.8, 4) is 5.69 Å². The predicted octanol–water partition coefficient (Wildman–Crippen LogP) is 4.06. The number of carbonyl (C=O) groups excluding carboxylic acids is 3. The third-order valence-electron chi connectivity index (χ3n) is 7.47. The number of primary amides is 1. The lowest BCUT2D eigenvalue weighted by atomic mass is 10.0. The molecule has 1 saturated heterocycles. The van der Waals surface area contributed by atoms with Crippen molar-refractivity contribution < 1.29 is 27.5 Å². The van der Waals surface area contributed by atoms with E-state index in [1.165, 1.54) is 33.5 Å². The molecule has 14 heteroatoms. The van der Waals surface area contributed by atoms with Gasteiger partial charge in [-0.3, -0.25) is 4.79 Å². The molecule has 3 N–H and O–H groups in total. The first-order chi connectivity index (χ1) is 20.8. The van der Waals surface area contributed by atoms with Crippen LogP contribution in [0.3, 0.4) is 0 Å². The van der Waals surface area contributed by atoms with Crippen molar-refractivity contribution >= 4 is 45.3 Å². The Hall–Kier alpha value is -4.07. The van der Waals surface area contributed by atoms with Gasteiger partial charge in [-0.1, -0.05) is 29.8 Å². The third kappa shape index (κ3) is 6.40. The maximum atomic E-state index is 13.3. The Morgan fingerprint density at radius 1 is 0.909 bits per heavy atom. The maximum Gasteiger partial charge on any atom is 0.410 e. The molecule has 3 heterocycles. The number of nitrogens with zero attached hydrogens (tertiary/aromatic N) is 4. The van der Waals surface area contributed by atoms with Gasteiger partial charge in [-0.05, 0) is 57.2 Å². The van der Waals surface area contributed by atoms with E-state index in [2.05, 4.69) is 5.32 Å². The fourth-order valence-electron chi connectivity index (χ4n) is 5.35. The van der Waals surface area contributed by atoms with E-state index in [1.807, 2.05) is 30.3 Å². The van der Waals surface area contributed by atoms with Crippen LogP contribution < -0.4 is 11.1 Å². The van der Waals surface area contributed by atoms with Crippen molar-refractivity contribution in [1.29, 1.82) is 0 Å². The van der Waals surface area contributed by atoms with Crippen molar-refractivity contribution in [2.75, 3.05) is 38.0 Å². The highest BCUT2D eigenvalue weighted by atomic mass is 35.5. The van der Waals surface area contributed by atoms with Gasteiger partial charge in [0, 0.05) is 61.8 Å². The minimum absolute atomic E-state index is 0.0758. The number of sulfonamides is 1. The molecule has 0 atom stereocenters. The molecule has 0 saturated carbocycles. The molecule has 44 heavy (non-hydrogen) atoms. The Morgan fingerprint density at radius 3 is 2.14 bits per heavy atom. The first-order valence-electron chi connectivity index (χ1n) is 14.2. The molecule has 2 aromatic carbocycles. The van der Waals surface area contributed by atoms with Gasteiger partial charge >= 0.3 is 12.1 Å². The summed E-state index contributed by atoms with van der Waals surface area (Å²) in [6, 6.07) is 14.9. The normalized spacial score (nSPS) is 15.9. The zero-order valence-corrected chi connectivity index (χ0v) is 26.3. The van der Waals surface area contributed by atoms with Gasteiger partial charge in [-0.15, -0.1) is 0 Å². The molecule has 3 aromatic rings. The number of rotatable bonds is 5. The quantitative estimate of drug-likeness (QED) is 0.429. The Labute approximate surface area is 261 Å². The van der Waals surface area contributed by atoms with Crippen LogP contribution in [0, 0.1) is 0 Å². The van der Waals surface area contributed by atoms with E-state index in [4.69, 9.17) is 22.1 Å². The number of amides is 4. The molecule has 4 amide bonds. The van der Waals surface area contributed by atoms with Crippen LogP contribution in [0.1, 0.15) is 42.4 Å². The Balaban J connectivity index is 1.24. The van der Waals surface area contributed by atoms with Gasteiger partial charge in [0.1, 0.15) is 10.8 Å². The van der Waals surface area contributed by atoms with E-state index in [1.54, 1.807) is 30.2 Å². The van der Waals surface area contributed by atoms with Crippen LogP contribution in [0.2, 0.25) is 5.15 Å². The summed E-state index contributed by atoms with van der Waals surface area (Å²) in [5.41, 5.74) is 7.85. The topological polar surface area (TPSA) is 147 Å². The summed E-state index contributed by atoms with van der Waals surface area (Å²) in [7, 11) is -3.81. The zero-order chi connectivity index (χ0) is 31.8. The number of aromatic nitrogens is 1. The lowest BCUT2D eigenvalue weighted by molar-refractivity contribution is 0.0192. The monoisotopic (exact) mass is 642 g/mol. The minimum Gasteiger partial charge on any atom is -0.444 e. The standard InChI is InChI=1S/C30H35ClN6O6S/c1-30(2,3)43-29(40)34-15-17-36(18-16-34)44(41,42)22-11-9-20(10-12-22)33-28(39)35-14-13-24-23(19-35)25(27(32)38)26(31)37(24)21-7-5-4-6-8-21/h4-12H,13-19H2,1-3H3,(H2,32,38)(H,33,39). The molecule has 2 aliphatic rings. The van der Waals surface area contributed by atoms with Crippen molar-refractivity contribution in [2.45, 2.75) is 44.2 Å². The smallest absolute Gasteiger partial charge is 0.410 e. The summed E-state index contributed by atoms with van der Waals surface area (Å²) < 4.78 is 35.0. The summed E-state index contributed by atoms with van der Waals surface area (Å²) in [6.45, 7) is 6.54. The van der Waals surface area contributed by atoms with Crippen LogP contribution in [0.25, 0.3) is 5.69 Å². The summed E-state index contributed by atoms with van der Waals surface area (Å²) in [5.74, 6) is -0.675. The molecule has 234 valence electrons. The molecule has 0 aliphatic carbocycles. The van der Waals surface area contributed by atoms with E-state index >= 15 is 0 Å². The van der Waals surface area contributed by atoms with Crippen molar-refractivity contribution in [3.63, 3.8) is 0 Å². The van der Waals surface area contributed by atoms with Crippen LogP contribution in [0.4, 0.5) is 15.3 Å². The van der Waals surface area contributed by atoms with E-state index in [9.17, 15) is 22.8 Å². The van der Waals surface area contributed by atoms with Gasteiger partial charge < -0.3 is 30.2 Å². The number of nitrogens with one attached hydrogen (secondary N) is 1. The van der Waals surface area contributed by atoms with Crippen molar-refractivity contribution in [2.24, 2.45) is 5.73 Å². The Bertz CT molecular complexity index is 1680. The molecule has 2 aliphatic heterocycles. The Kier molecular flexibility index (Phi) is 8.65. The van der Waals surface area contributed by atoms with Crippen LogP contribution in [0.15, 0.2) is 59.5 Å². The number of benzene rings is 2. The van der Waals surface area contributed by atoms with Gasteiger partial charge in [-0.2, -0.15) is 4.31 Å². The summed E-state index contributed by atoms with van der Waals surface area (Å²) in [4.78, 5) is 41.0. The number of para-hydroxylation sites is 1. The fraction of sp³-hybridized carbons (Fsp3) is 0.367. The summed E-state index contributed by atoms with van der Waals surface area (Å²) >= 11 is 6.63. The average molecular weight is 643 g/mol. The maximum absolute atomic E-state index is 13.3. The fourth-order valence-corrected chi connectivity index (χ4v) is 7.18. The molecule has 0 unspecified atom stereocenters. The second kappa shape index (κ2) is 12.1. The number of halogens is 1. The second-order valence-corrected chi connectivity index (χ2v) is 13.9. The lowest BCUT2D eigenvalue weighted by Gasteiger charge is -2.35. The predicted molar refractivity (Wildman–Crippen MR) is 165 cm³/mol. The minimum atomic E-state index is -3.81. The SMILES string of the molecule is CC(C)(C)OC(=O)N1CCN(S(=O)(=O)c2ccc(NC(=O)N3CCc4c(c(C(N)=O)c(Cl)n4-c4ccccc4)C3)cc2)CC1. The molecule has 1 fully saturated rings. The number of carbonyl (C=O) groups is 3. The molecule has 0 radical (unpaired) electrons. The zero-order valence-electron chi connectivity index (χ0n) is 24.7. The third-order valence-corrected chi connectivity index (χ3v) is 9.74. The first kappa shape index (κ1) is 31.4. The number of ether oxygens (including phenoxy) is 1. The van der Waals surface area contributed by atoms with Crippen LogP contribution in [-0.4, -0.2) is 83.4 Å². The molecular weight excluding hydrogens is 608 g/mol. The number of nitrogens with two attached hydrogens (primary N) is 1. The van der Waals surface area contributed by atoms with Crippen LogP contribution in [-0.2, 0) is 27.7 Å². The molecule has 12 nitrogen and oxygen atoms in total. The van der Waals surface area contributed by atoms with Gasteiger partial charge in [0.15, 0.2) is 0 Å². The molecule has 1 aromatic heterocycles.